The van der Waals surface area contributed by atoms with Crippen LogP contribution in [0.3, 0.4) is 0 Å². The minimum absolute atomic E-state index is 0.0842. The van der Waals surface area contributed by atoms with Crippen LogP contribution < -0.4 is 10.6 Å². The average Bonchev–Trinajstić information content (AvgIpc) is 3.02. The molecule has 0 saturated heterocycles. The van der Waals surface area contributed by atoms with Gasteiger partial charge in [0.15, 0.2) is 11.4 Å². The lowest BCUT2D eigenvalue weighted by Gasteiger charge is -2.06. The number of nitrogens with one attached hydrogen (secondary N) is 2. The second kappa shape index (κ2) is 7.61. The van der Waals surface area contributed by atoms with Gasteiger partial charge >= 0.3 is 0 Å². The lowest BCUT2D eigenvalue weighted by Crippen LogP contribution is -2.24. The molecular formula is C19H19N3O3. The van der Waals surface area contributed by atoms with E-state index >= 15 is 0 Å². The second-order valence-corrected chi connectivity index (χ2v) is 5.84. The Hall–Kier alpha value is -3.15. The van der Waals surface area contributed by atoms with Gasteiger partial charge in [0.2, 0.25) is 11.8 Å². The minimum atomic E-state index is -0.274. The number of nitrogens with zero attached hydrogens (tertiary/aromatic N) is 1. The Balaban J connectivity index is 1.45. The van der Waals surface area contributed by atoms with Crippen LogP contribution in [0, 0.1) is 6.92 Å². The highest BCUT2D eigenvalue weighted by molar-refractivity contribution is 5.99. The summed E-state index contributed by atoms with van der Waals surface area (Å²) < 4.78 is 5.13. The third-order valence-electron chi connectivity index (χ3n) is 3.82. The number of amides is 2. The molecule has 128 valence electrons. The van der Waals surface area contributed by atoms with Crippen LogP contribution in [0.4, 0.5) is 5.82 Å². The maximum Gasteiger partial charge on any atom is 0.226 e. The summed E-state index contributed by atoms with van der Waals surface area (Å²) in [4.78, 5) is 23.9. The first-order chi connectivity index (χ1) is 12.1. The number of carbonyl (C=O) groups excluding carboxylic acids is 2. The Bertz CT molecular complexity index is 884. The van der Waals surface area contributed by atoms with Crippen molar-refractivity contribution in [1.29, 1.82) is 0 Å². The van der Waals surface area contributed by atoms with E-state index in [1.165, 1.54) is 5.56 Å². The Morgan fingerprint density at radius 1 is 1.00 bits per heavy atom. The van der Waals surface area contributed by atoms with E-state index in [9.17, 15) is 9.59 Å². The second-order valence-electron chi connectivity index (χ2n) is 5.84. The maximum absolute atomic E-state index is 12.0. The average molecular weight is 337 g/mol. The molecule has 0 spiro atoms. The highest BCUT2D eigenvalue weighted by Crippen LogP contribution is 2.22. The molecule has 2 N–H and O–H groups in total. The smallest absolute Gasteiger partial charge is 0.226 e. The summed E-state index contributed by atoms with van der Waals surface area (Å²) in [6.45, 7) is 2.47. The van der Waals surface area contributed by atoms with E-state index in [0.717, 1.165) is 10.9 Å². The van der Waals surface area contributed by atoms with Gasteiger partial charge in [0.25, 0.3) is 0 Å². The molecule has 0 bridgehead atoms. The molecule has 3 aromatic rings. The Kier molecular flexibility index (Phi) is 5.09. The predicted molar refractivity (Wildman–Crippen MR) is 94.9 cm³/mol. The first-order valence-corrected chi connectivity index (χ1v) is 8.08. The van der Waals surface area contributed by atoms with E-state index in [1.54, 1.807) is 6.07 Å². The molecule has 3 rings (SSSR count). The number of hydrogen-bond acceptors (Lipinski definition) is 4. The molecule has 0 aliphatic carbocycles. The number of hydrogen-bond donors (Lipinski definition) is 2. The van der Waals surface area contributed by atoms with Crippen molar-refractivity contribution in [2.45, 2.75) is 26.3 Å². The monoisotopic (exact) mass is 337 g/mol. The van der Waals surface area contributed by atoms with Gasteiger partial charge in [-0.15, -0.1) is 0 Å². The van der Waals surface area contributed by atoms with Crippen molar-refractivity contribution in [3.8, 4) is 0 Å². The molecule has 0 radical (unpaired) electrons. The normalized spacial score (nSPS) is 10.6. The Labute approximate surface area is 145 Å². The number of aryl methyl sites for hydroxylation is 1. The fraction of sp³-hybridized carbons (Fsp3) is 0.211. The van der Waals surface area contributed by atoms with Crippen molar-refractivity contribution in [3.63, 3.8) is 0 Å². The van der Waals surface area contributed by atoms with E-state index in [0.29, 0.717) is 17.9 Å². The van der Waals surface area contributed by atoms with Crippen LogP contribution in [0.15, 0.2) is 53.1 Å². The van der Waals surface area contributed by atoms with E-state index in [1.807, 2.05) is 49.4 Å². The maximum atomic E-state index is 12.0. The van der Waals surface area contributed by atoms with Gasteiger partial charge in [0.1, 0.15) is 0 Å². The topological polar surface area (TPSA) is 84.2 Å². The molecule has 2 amide bonds. The molecule has 0 aliphatic rings. The van der Waals surface area contributed by atoms with Crippen LogP contribution in [-0.2, 0) is 16.1 Å². The Morgan fingerprint density at radius 3 is 2.52 bits per heavy atom. The zero-order valence-corrected chi connectivity index (χ0v) is 13.9. The number of benzene rings is 2. The van der Waals surface area contributed by atoms with Crippen molar-refractivity contribution >= 4 is 28.6 Å². The van der Waals surface area contributed by atoms with Crippen LogP contribution >= 0.6 is 0 Å². The quantitative estimate of drug-likeness (QED) is 0.723. The molecule has 0 unspecified atom stereocenters. The number of para-hydroxylation sites is 1. The number of anilines is 1. The number of fused-ring (bicyclic) bond motifs is 1. The predicted octanol–water partition coefficient (Wildman–Crippen LogP) is 3.17. The highest BCUT2D eigenvalue weighted by atomic mass is 16.5. The summed E-state index contributed by atoms with van der Waals surface area (Å²) in [7, 11) is 0. The third kappa shape index (κ3) is 4.44. The lowest BCUT2D eigenvalue weighted by atomic mass is 10.1. The van der Waals surface area contributed by atoms with Crippen molar-refractivity contribution in [2.24, 2.45) is 0 Å². The van der Waals surface area contributed by atoms with E-state index < -0.39 is 0 Å². The highest BCUT2D eigenvalue weighted by Gasteiger charge is 2.12. The van der Waals surface area contributed by atoms with Crippen LogP contribution in [0.5, 0.6) is 0 Å². The van der Waals surface area contributed by atoms with Crippen LogP contribution in [0.1, 0.15) is 24.0 Å². The van der Waals surface area contributed by atoms with Crippen LogP contribution in [-0.4, -0.2) is 17.0 Å². The van der Waals surface area contributed by atoms with Crippen molar-refractivity contribution in [3.05, 3.63) is 59.7 Å². The minimum Gasteiger partial charge on any atom is -0.354 e. The molecule has 2 aromatic carbocycles. The molecule has 6 heteroatoms. The molecule has 1 heterocycles. The van der Waals surface area contributed by atoms with Crippen LogP contribution in [0.25, 0.3) is 11.0 Å². The van der Waals surface area contributed by atoms with Gasteiger partial charge in [-0.3, -0.25) is 9.59 Å². The van der Waals surface area contributed by atoms with Gasteiger partial charge < -0.3 is 15.2 Å². The molecule has 25 heavy (non-hydrogen) atoms. The summed E-state index contributed by atoms with van der Waals surface area (Å²) in [5.41, 5.74) is 2.80. The zero-order valence-electron chi connectivity index (χ0n) is 13.9. The first-order valence-electron chi connectivity index (χ1n) is 8.08. The zero-order chi connectivity index (χ0) is 17.6. The fourth-order valence-electron chi connectivity index (χ4n) is 2.39. The van der Waals surface area contributed by atoms with Crippen molar-refractivity contribution < 1.29 is 14.1 Å². The van der Waals surface area contributed by atoms with Crippen LogP contribution in [0.2, 0.25) is 0 Å². The SMILES string of the molecule is Cc1ccc(CNC(=O)CCC(=O)Nc2noc3ccccc23)cc1. The van der Waals surface area contributed by atoms with Crippen molar-refractivity contribution in [1.82, 2.24) is 10.5 Å². The molecular weight excluding hydrogens is 318 g/mol. The first kappa shape index (κ1) is 16.7. The van der Waals surface area contributed by atoms with Gasteiger partial charge in [-0.2, -0.15) is 0 Å². The Morgan fingerprint density at radius 2 is 1.72 bits per heavy atom. The van der Waals surface area contributed by atoms with Gasteiger partial charge in [0, 0.05) is 19.4 Å². The molecule has 6 nitrogen and oxygen atoms in total. The summed E-state index contributed by atoms with van der Waals surface area (Å²) >= 11 is 0. The number of rotatable bonds is 6. The third-order valence-corrected chi connectivity index (χ3v) is 3.82. The van der Waals surface area contributed by atoms with Gasteiger partial charge in [-0.1, -0.05) is 47.1 Å². The molecule has 0 aliphatic heterocycles. The largest absolute Gasteiger partial charge is 0.354 e. The standard InChI is InChI=1S/C19H19N3O3/c1-13-6-8-14(9-7-13)12-20-17(23)10-11-18(24)21-19-15-4-2-3-5-16(15)25-22-19/h2-9H,10-12H2,1H3,(H,20,23)(H,21,22,24). The molecule has 0 atom stereocenters. The van der Waals surface area contributed by atoms with Gasteiger partial charge in [-0.25, -0.2) is 0 Å². The van der Waals surface area contributed by atoms with Crippen molar-refractivity contribution in [2.75, 3.05) is 5.32 Å². The summed E-state index contributed by atoms with van der Waals surface area (Å²) in [5, 5.41) is 10.1. The number of aromatic nitrogens is 1. The summed E-state index contributed by atoms with van der Waals surface area (Å²) in [5.74, 6) is -0.0639. The lowest BCUT2D eigenvalue weighted by molar-refractivity contribution is -0.124. The van der Waals surface area contributed by atoms with E-state index in [2.05, 4.69) is 15.8 Å². The summed E-state index contributed by atoms with van der Waals surface area (Å²) in [6, 6.07) is 15.2. The van der Waals surface area contributed by atoms with E-state index in [4.69, 9.17) is 4.52 Å². The van der Waals surface area contributed by atoms with E-state index in [-0.39, 0.29) is 24.7 Å². The molecule has 0 fully saturated rings. The molecule has 1 aromatic heterocycles. The molecule has 0 saturated carbocycles. The van der Waals surface area contributed by atoms with Gasteiger partial charge in [-0.05, 0) is 24.6 Å². The fourth-order valence-corrected chi connectivity index (χ4v) is 2.39. The number of carbonyl (C=O) groups is 2. The summed E-state index contributed by atoms with van der Waals surface area (Å²) in [6.07, 6.45) is 0.203. The van der Waals surface area contributed by atoms with Gasteiger partial charge in [0.05, 0.1) is 5.39 Å².